The van der Waals surface area contributed by atoms with Gasteiger partial charge in [-0.1, -0.05) is 19.3 Å². The third-order valence-corrected chi connectivity index (χ3v) is 3.87. The molecule has 1 aliphatic rings. The lowest BCUT2D eigenvalue weighted by molar-refractivity contribution is -0.151. The molecule has 0 N–H and O–H groups in total. The largest absolute Gasteiger partial charge is 0.459 e. The monoisotopic (exact) mass is 272 g/mol. The van der Waals surface area contributed by atoms with Gasteiger partial charge >= 0.3 is 5.97 Å². The zero-order chi connectivity index (χ0) is 13.6. The van der Waals surface area contributed by atoms with Crippen molar-refractivity contribution in [2.45, 2.75) is 58.5 Å². The number of carbonyl (C=O) groups is 2. The van der Waals surface area contributed by atoms with Gasteiger partial charge in [-0.25, -0.2) is 0 Å². The van der Waals surface area contributed by atoms with E-state index >= 15 is 0 Å². The molecule has 0 amide bonds. The SMILES string of the molecule is CC(C)(C)OC(=O)CSCC(=O)C1CCCCC1. The Morgan fingerprint density at radius 2 is 1.72 bits per heavy atom. The fourth-order valence-corrected chi connectivity index (χ4v) is 2.91. The smallest absolute Gasteiger partial charge is 0.316 e. The molecule has 1 rings (SSSR count). The fourth-order valence-electron chi connectivity index (χ4n) is 2.15. The van der Waals surface area contributed by atoms with Crippen molar-refractivity contribution in [3.8, 4) is 0 Å². The summed E-state index contributed by atoms with van der Waals surface area (Å²) in [5.74, 6) is 1.04. The van der Waals surface area contributed by atoms with Crippen LogP contribution >= 0.6 is 11.8 Å². The second kappa shape index (κ2) is 7.17. The number of thioether (sulfide) groups is 1. The second-order valence-electron chi connectivity index (χ2n) is 5.88. The molecule has 0 saturated heterocycles. The van der Waals surface area contributed by atoms with Crippen molar-refractivity contribution in [1.82, 2.24) is 0 Å². The van der Waals surface area contributed by atoms with Crippen LogP contribution in [0.15, 0.2) is 0 Å². The molecule has 0 aromatic rings. The predicted molar refractivity (Wildman–Crippen MR) is 74.8 cm³/mol. The predicted octanol–water partition coefficient (Wildman–Crippen LogP) is 3.21. The molecule has 0 atom stereocenters. The minimum Gasteiger partial charge on any atom is -0.459 e. The van der Waals surface area contributed by atoms with Crippen molar-refractivity contribution in [2.75, 3.05) is 11.5 Å². The minimum absolute atomic E-state index is 0.232. The number of ether oxygens (including phenoxy) is 1. The van der Waals surface area contributed by atoms with E-state index in [4.69, 9.17) is 4.74 Å². The second-order valence-corrected chi connectivity index (χ2v) is 6.87. The Morgan fingerprint density at radius 1 is 1.11 bits per heavy atom. The van der Waals surface area contributed by atoms with Crippen LogP contribution in [0.4, 0.5) is 0 Å². The van der Waals surface area contributed by atoms with Crippen molar-refractivity contribution in [1.29, 1.82) is 0 Å². The molecule has 0 radical (unpaired) electrons. The summed E-state index contributed by atoms with van der Waals surface area (Å²) in [5, 5.41) is 0. The number of ketones is 1. The van der Waals surface area contributed by atoms with Gasteiger partial charge < -0.3 is 4.74 Å². The van der Waals surface area contributed by atoms with E-state index in [1.54, 1.807) is 0 Å². The van der Waals surface area contributed by atoms with Gasteiger partial charge in [-0.05, 0) is 33.6 Å². The number of esters is 1. The lowest BCUT2D eigenvalue weighted by atomic mass is 9.87. The molecular formula is C14H24O3S. The molecule has 104 valence electrons. The van der Waals surface area contributed by atoms with Gasteiger partial charge in [0.1, 0.15) is 11.4 Å². The average molecular weight is 272 g/mol. The van der Waals surface area contributed by atoms with E-state index in [2.05, 4.69) is 0 Å². The normalized spacial score (nSPS) is 17.5. The van der Waals surface area contributed by atoms with Gasteiger partial charge in [0.15, 0.2) is 0 Å². The highest BCUT2D eigenvalue weighted by atomic mass is 32.2. The van der Waals surface area contributed by atoms with E-state index in [0.717, 1.165) is 12.8 Å². The Balaban J connectivity index is 2.17. The highest BCUT2D eigenvalue weighted by molar-refractivity contribution is 8.00. The maximum absolute atomic E-state index is 11.9. The standard InChI is InChI=1S/C14H24O3S/c1-14(2,3)17-13(16)10-18-9-12(15)11-7-5-4-6-8-11/h11H,4-10H2,1-3H3. The van der Waals surface area contributed by atoms with Crippen molar-refractivity contribution < 1.29 is 14.3 Å². The summed E-state index contributed by atoms with van der Waals surface area (Å²) in [6, 6.07) is 0. The van der Waals surface area contributed by atoms with E-state index in [9.17, 15) is 9.59 Å². The van der Waals surface area contributed by atoms with Crippen LogP contribution in [0, 0.1) is 5.92 Å². The zero-order valence-corrected chi connectivity index (χ0v) is 12.5. The molecule has 0 bridgehead atoms. The molecule has 0 aliphatic heterocycles. The molecule has 1 aliphatic carbocycles. The van der Waals surface area contributed by atoms with E-state index in [-0.39, 0.29) is 17.6 Å². The number of hydrogen-bond acceptors (Lipinski definition) is 4. The molecule has 0 unspecified atom stereocenters. The van der Waals surface area contributed by atoms with Gasteiger partial charge in [0, 0.05) is 5.92 Å². The third-order valence-electron chi connectivity index (χ3n) is 2.94. The molecule has 3 nitrogen and oxygen atoms in total. The van der Waals surface area contributed by atoms with Crippen LogP contribution < -0.4 is 0 Å². The summed E-state index contributed by atoms with van der Waals surface area (Å²) in [6.45, 7) is 5.55. The van der Waals surface area contributed by atoms with Crippen LogP contribution in [0.3, 0.4) is 0 Å². The maximum atomic E-state index is 11.9. The first-order valence-corrected chi connectivity index (χ1v) is 7.86. The van der Waals surface area contributed by atoms with Crippen LogP contribution in [0.25, 0.3) is 0 Å². The quantitative estimate of drug-likeness (QED) is 0.721. The van der Waals surface area contributed by atoms with Gasteiger partial charge in [0.25, 0.3) is 0 Å². The number of hydrogen-bond donors (Lipinski definition) is 0. The van der Waals surface area contributed by atoms with Crippen LogP contribution in [0.2, 0.25) is 0 Å². The van der Waals surface area contributed by atoms with Crippen molar-refractivity contribution in [3.05, 3.63) is 0 Å². The zero-order valence-electron chi connectivity index (χ0n) is 11.7. The Kier molecular flexibility index (Phi) is 6.19. The molecule has 0 aromatic heterocycles. The molecular weight excluding hydrogens is 248 g/mol. The van der Waals surface area contributed by atoms with Gasteiger partial charge in [0.05, 0.1) is 11.5 Å². The van der Waals surface area contributed by atoms with Gasteiger partial charge in [0.2, 0.25) is 0 Å². The van der Waals surface area contributed by atoms with E-state index in [0.29, 0.717) is 11.5 Å². The fraction of sp³-hybridized carbons (Fsp3) is 0.857. The molecule has 0 spiro atoms. The topological polar surface area (TPSA) is 43.4 Å². The number of rotatable bonds is 5. The lowest BCUT2D eigenvalue weighted by Gasteiger charge is -2.21. The third kappa shape index (κ3) is 6.43. The van der Waals surface area contributed by atoms with Crippen LogP contribution in [0.5, 0.6) is 0 Å². The highest BCUT2D eigenvalue weighted by Gasteiger charge is 2.21. The molecule has 0 heterocycles. The summed E-state index contributed by atoms with van der Waals surface area (Å²) >= 11 is 1.38. The molecule has 1 saturated carbocycles. The summed E-state index contributed by atoms with van der Waals surface area (Å²) in [4.78, 5) is 23.4. The van der Waals surface area contributed by atoms with Crippen LogP contribution in [-0.4, -0.2) is 28.9 Å². The van der Waals surface area contributed by atoms with Crippen LogP contribution in [0.1, 0.15) is 52.9 Å². The van der Waals surface area contributed by atoms with E-state index in [1.807, 2.05) is 20.8 Å². The highest BCUT2D eigenvalue weighted by Crippen LogP contribution is 2.25. The van der Waals surface area contributed by atoms with Crippen molar-refractivity contribution in [3.63, 3.8) is 0 Å². The Labute approximate surface area is 114 Å². The summed E-state index contributed by atoms with van der Waals surface area (Å²) < 4.78 is 5.19. The number of carbonyl (C=O) groups excluding carboxylic acids is 2. The van der Waals surface area contributed by atoms with Gasteiger partial charge in [-0.2, -0.15) is 0 Å². The molecule has 1 fully saturated rings. The first-order chi connectivity index (χ1) is 8.38. The molecule has 18 heavy (non-hydrogen) atoms. The summed E-state index contributed by atoms with van der Waals surface area (Å²) in [6.07, 6.45) is 5.67. The van der Waals surface area contributed by atoms with Crippen molar-refractivity contribution >= 4 is 23.5 Å². The maximum Gasteiger partial charge on any atom is 0.316 e. The Hall–Kier alpha value is -0.510. The van der Waals surface area contributed by atoms with Crippen molar-refractivity contribution in [2.24, 2.45) is 5.92 Å². The number of Topliss-reactive ketones (excluding diaryl/α,β-unsaturated/α-hetero) is 1. The van der Waals surface area contributed by atoms with Gasteiger partial charge in [-0.15, -0.1) is 11.8 Å². The Morgan fingerprint density at radius 3 is 2.28 bits per heavy atom. The van der Waals surface area contributed by atoms with E-state index < -0.39 is 5.60 Å². The van der Waals surface area contributed by atoms with E-state index in [1.165, 1.54) is 31.0 Å². The summed E-state index contributed by atoms with van der Waals surface area (Å²) in [5.41, 5.74) is -0.439. The summed E-state index contributed by atoms with van der Waals surface area (Å²) in [7, 11) is 0. The average Bonchev–Trinajstić information content (AvgIpc) is 2.27. The lowest BCUT2D eigenvalue weighted by Crippen LogP contribution is -2.25. The van der Waals surface area contributed by atoms with Gasteiger partial charge in [-0.3, -0.25) is 9.59 Å². The minimum atomic E-state index is -0.439. The van der Waals surface area contributed by atoms with Crippen LogP contribution in [-0.2, 0) is 14.3 Å². The first kappa shape index (κ1) is 15.5. The Bertz CT molecular complexity index is 288. The first-order valence-electron chi connectivity index (χ1n) is 6.71. The molecule has 4 heteroatoms. The molecule has 0 aromatic carbocycles.